The van der Waals surface area contributed by atoms with Crippen molar-refractivity contribution in [2.24, 2.45) is 5.92 Å². The molecular weight excluding hydrogens is 849 g/mol. The van der Waals surface area contributed by atoms with Gasteiger partial charge in [0.2, 0.25) is 0 Å². The molecule has 8 aromatic carbocycles. The SMILES string of the molecule is N#Cc1ccccc1N(C1=C2C=CC3=C4C(=CC=C(C=C1)C24)C(N(c1ccccc1C#N)c1ccc(-c2ccccc2)cc1-c1ccccc1)C=C3)c1ccc(-c2ccccc2)cc1-c1ccccc1. The van der Waals surface area contributed by atoms with Crippen molar-refractivity contribution in [1.29, 1.82) is 10.5 Å². The number of allylic oxidation sites excluding steroid dienone is 10. The smallest absolute Gasteiger partial charge is 0.101 e. The van der Waals surface area contributed by atoms with Gasteiger partial charge < -0.3 is 9.80 Å². The van der Waals surface area contributed by atoms with Gasteiger partial charge in [0.1, 0.15) is 12.1 Å². The van der Waals surface area contributed by atoms with Crippen molar-refractivity contribution in [2.45, 2.75) is 6.04 Å². The fourth-order valence-electron chi connectivity index (χ4n) is 10.7. The molecular formula is C66H44N4. The van der Waals surface area contributed by atoms with E-state index in [4.69, 9.17) is 0 Å². The van der Waals surface area contributed by atoms with E-state index in [2.05, 4.69) is 228 Å². The Morgan fingerprint density at radius 1 is 0.400 bits per heavy atom. The molecule has 0 fully saturated rings. The topological polar surface area (TPSA) is 54.1 Å². The summed E-state index contributed by atoms with van der Waals surface area (Å²) in [7, 11) is 0. The third-order valence-electron chi connectivity index (χ3n) is 13.9. The fraction of sp³-hybridized carbons (Fsp3) is 0.0303. The van der Waals surface area contributed by atoms with Crippen LogP contribution >= 0.6 is 0 Å². The average Bonchev–Trinajstić information content (AvgIpc) is 3.44. The van der Waals surface area contributed by atoms with Crippen LogP contribution in [0.3, 0.4) is 0 Å². The highest BCUT2D eigenvalue weighted by atomic mass is 15.2. The summed E-state index contributed by atoms with van der Waals surface area (Å²) < 4.78 is 0. The second-order valence-corrected chi connectivity index (χ2v) is 17.8. The van der Waals surface area contributed by atoms with E-state index in [0.717, 1.165) is 84.1 Å². The molecule has 0 amide bonds. The molecule has 4 nitrogen and oxygen atoms in total. The predicted molar refractivity (Wildman–Crippen MR) is 286 cm³/mol. The van der Waals surface area contributed by atoms with Crippen LogP contribution in [0.4, 0.5) is 22.7 Å². The van der Waals surface area contributed by atoms with Crippen molar-refractivity contribution in [3.63, 3.8) is 0 Å². The van der Waals surface area contributed by atoms with Crippen molar-refractivity contribution < 1.29 is 0 Å². The summed E-state index contributed by atoms with van der Waals surface area (Å²) in [5, 5.41) is 21.5. The molecule has 0 N–H and O–H groups in total. The highest BCUT2D eigenvalue weighted by molar-refractivity contribution is 5.92. The second kappa shape index (κ2) is 18.0. The molecule has 0 bridgehead atoms. The van der Waals surface area contributed by atoms with Crippen LogP contribution in [0.1, 0.15) is 11.1 Å². The first kappa shape index (κ1) is 41.9. The number of nitrogens with zero attached hydrogens (tertiary/aromatic N) is 4. The molecule has 2 atom stereocenters. The van der Waals surface area contributed by atoms with E-state index < -0.39 is 0 Å². The molecule has 0 saturated heterocycles. The molecule has 0 radical (unpaired) electrons. The summed E-state index contributed by atoms with van der Waals surface area (Å²) in [5.74, 6) is -0.102. The minimum Gasteiger partial charge on any atom is -0.329 e. The van der Waals surface area contributed by atoms with Gasteiger partial charge in [-0.3, -0.25) is 0 Å². The molecule has 328 valence electrons. The normalized spacial score (nSPS) is 16.1. The van der Waals surface area contributed by atoms with Gasteiger partial charge in [-0.1, -0.05) is 200 Å². The molecule has 0 aromatic heterocycles. The van der Waals surface area contributed by atoms with Gasteiger partial charge in [0.25, 0.3) is 0 Å². The lowest BCUT2D eigenvalue weighted by Gasteiger charge is -2.44. The van der Waals surface area contributed by atoms with Gasteiger partial charge in [-0.25, -0.2) is 0 Å². The van der Waals surface area contributed by atoms with E-state index in [1.165, 1.54) is 16.7 Å². The number of hydrogen-bond donors (Lipinski definition) is 0. The maximum absolute atomic E-state index is 10.8. The summed E-state index contributed by atoms with van der Waals surface area (Å²) in [4.78, 5) is 4.68. The minimum absolute atomic E-state index is 0.102. The predicted octanol–water partition coefficient (Wildman–Crippen LogP) is 16.2. The maximum Gasteiger partial charge on any atom is 0.101 e. The van der Waals surface area contributed by atoms with Gasteiger partial charge in [-0.05, 0) is 116 Å². The highest BCUT2D eigenvalue weighted by Gasteiger charge is 2.41. The third-order valence-corrected chi connectivity index (χ3v) is 13.9. The van der Waals surface area contributed by atoms with Crippen LogP contribution in [0, 0.1) is 28.6 Å². The summed E-state index contributed by atoms with van der Waals surface area (Å²) >= 11 is 0. The maximum atomic E-state index is 10.8. The molecule has 70 heavy (non-hydrogen) atoms. The molecule has 4 aliphatic carbocycles. The fourth-order valence-corrected chi connectivity index (χ4v) is 10.7. The number of nitriles is 2. The summed E-state index contributed by atoms with van der Waals surface area (Å²) in [6.45, 7) is 0. The number of benzene rings is 8. The lowest BCUT2D eigenvalue weighted by molar-refractivity contribution is 0.773. The number of anilines is 4. The molecule has 0 saturated carbocycles. The van der Waals surface area contributed by atoms with E-state index in [-0.39, 0.29) is 12.0 Å². The average molecular weight is 893 g/mol. The third kappa shape index (κ3) is 7.33. The van der Waals surface area contributed by atoms with Gasteiger partial charge in [-0.2, -0.15) is 10.5 Å². The Bertz CT molecular complexity index is 3670. The zero-order valence-corrected chi connectivity index (χ0v) is 38.2. The van der Waals surface area contributed by atoms with Gasteiger partial charge in [0.15, 0.2) is 0 Å². The van der Waals surface area contributed by atoms with Gasteiger partial charge >= 0.3 is 0 Å². The number of hydrogen-bond acceptors (Lipinski definition) is 4. The Morgan fingerprint density at radius 2 is 0.914 bits per heavy atom. The Kier molecular flexibility index (Phi) is 10.8. The Hall–Kier alpha value is -9.48. The minimum atomic E-state index is -0.274. The zero-order valence-electron chi connectivity index (χ0n) is 38.2. The quantitative estimate of drug-likeness (QED) is 0.137. The van der Waals surface area contributed by atoms with Gasteiger partial charge in [0, 0.05) is 22.7 Å². The molecule has 4 heteroatoms. The van der Waals surface area contributed by atoms with E-state index in [0.29, 0.717) is 11.1 Å². The van der Waals surface area contributed by atoms with Crippen molar-refractivity contribution in [1.82, 2.24) is 0 Å². The van der Waals surface area contributed by atoms with Crippen molar-refractivity contribution >= 4 is 22.7 Å². The lowest BCUT2D eigenvalue weighted by atomic mass is 9.67. The zero-order chi connectivity index (χ0) is 47.0. The van der Waals surface area contributed by atoms with E-state index in [9.17, 15) is 10.5 Å². The van der Waals surface area contributed by atoms with Crippen molar-refractivity contribution in [3.8, 4) is 56.6 Å². The van der Waals surface area contributed by atoms with Crippen molar-refractivity contribution in [2.75, 3.05) is 9.80 Å². The molecule has 0 heterocycles. The molecule has 4 aliphatic rings. The van der Waals surface area contributed by atoms with Gasteiger partial charge in [-0.15, -0.1) is 0 Å². The van der Waals surface area contributed by atoms with Crippen LogP contribution in [0.5, 0.6) is 0 Å². The number of para-hydroxylation sites is 2. The Morgan fingerprint density at radius 3 is 1.51 bits per heavy atom. The first-order chi connectivity index (χ1) is 34.7. The summed E-state index contributed by atoms with van der Waals surface area (Å²) in [6, 6.07) is 76.2. The van der Waals surface area contributed by atoms with Crippen molar-refractivity contribution in [3.05, 3.63) is 300 Å². The Balaban J connectivity index is 1.04. The largest absolute Gasteiger partial charge is 0.329 e. The molecule has 0 aliphatic heterocycles. The Labute approximate surface area is 409 Å². The van der Waals surface area contributed by atoms with Crippen LogP contribution in [-0.2, 0) is 0 Å². The van der Waals surface area contributed by atoms with E-state index >= 15 is 0 Å². The van der Waals surface area contributed by atoms with Crippen LogP contribution in [0.2, 0.25) is 0 Å². The van der Waals surface area contributed by atoms with Crippen LogP contribution in [0.25, 0.3) is 44.5 Å². The molecule has 0 spiro atoms. The monoisotopic (exact) mass is 892 g/mol. The van der Waals surface area contributed by atoms with E-state index in [1.54, 1.807) is 0 Å². The summed E-state index contributed by atoms with van der Waals surface area (Å²) in [6.07, 6.45) is 18.2. The number of rotatable bonds is 10. The molecule has 2 unspecified atom stereocenters. The second-order valence-electron chi connectivity index (χ2n) is 17.8. The van der Waals surface area contributed by atoms with Gasteiger partial charge in [0.05, 0.1) is 39.9 Å². The molecule has 8 aromatic rings. The first-order valence-electron chi connectivity index (χ1n) is 23.7. The molecule has 12 rings (SSSR count). The summed E-state index contributed by atoms with van der Waals surface area (Å²) in [5.41, 5.74) is 20.5. The standard InChI is InChI=1S/C66H44N4/c67-43-53-25-13-15-27-59(53)69(63-39-33-51(45-17-5-1-6-18-45)41-57(63)47-21-9-3-10-22-47)61-37-31-49-30-36-56-62(38-32-50-29-35-55(61)65(49)66(50)56)70(60-28-16-14-26-54(60)44-68)64-40-34-52(46-19-7-2-8-20-46)42-58(64)48-23-11-4-12-24-48/h1-42,61,66H. The van der Waals surface area contributed by atoms with Crippen LogP contribution in [0.15, 0.2) is 288 Å². The van der Waals surface area contributed by atoms with Crippen LogP contribution < -0.4 is 9.80 Å². The van der Waals surface area contributed by atoms with E-state index in [1.807, 2.05) is 48.5 Å². The first-order valence-corrected chi connectivity index (χ1v) is 23.7. The van der Waals surface area contributed by atoms with Crippen LogP contribution in [-0.4, -0.2) is 6.04 Å². The lowest BCUT2D eigenvalue weighted by Crippen LogP contribution is -2.38. The highest BCUT2D eigenvalue weighted by Crippen LogP contribution is 2.53.